The van der Waals surface area contributed by atoms with Crippen LogP contribution in [0, 0.1) is 11.3 Å². The number of carbonyl (C=O) groups excluding carboxylic acids is 1. The molecule has 1 N–H and O–H groups in total. The van der Waals surface area contributed by atoms with Crippen LogP contribution >= 0.6 is 0 Å². The van der Waals surface area contributed by atoms with Gasteiger partial charge in [-0.15, -0.1) is 0 Å². The number of hydrogen-bond acceptors (Lipinski definition) is 4. The summed E-state index contributed by atoms with van der Waals surface area (Å²) in [6, 6.07) is 7.01. The van der Waals surface area contributed by atoms with Gasteiger partial charge in [-0.05, 0) is 43.0 Å². The van der Waals surface area contributed by atoms with Crippen molar-refractivity contribution in [3.8, 4) is 11.5 Å². The van der Waals surface area contributed by atoms with Crippen molar-refractivity contribution in [1.82, 2.24) is 4.90 Å². The molecule has 1 saturated heterocycles. The van der Waals surface area contributed by atoms with Crippen LogP contribution in [0.4, 0.5) is 0 Å². The number of hydrogen-bond donors (Lipinski definition) is 1. The van der Waals surface area contributed by atoms with Crippen LogP contribution in [0.2, 0.25) is 0 Å². The summed E-state index contributed by atoms with van der Waals surface area (Å²) >= 11 is 0. The quantitative estimate of drug-likeness (QED) is 0.895. The summed E-state index contributed by atoms with van der Waals surface area (Å²) in [4.78, 5) is 25.6. The van der Waals surface area contributed by atoms with Gasteiger partial charge in [-0.3, -0.25) is 9.59 Å². The largest absolute Gasteiger partial charge is 0.497 e. The average Bonchev–Trinajstić information content (AvgIpc) is 3.11. The standard InChI is InChI=1S/C17H21NO5/c1-22-13-4-6-14(7-5-13)23-10-15(19)18-9-12-3-2-8-17(12,11-18)16(20)21/h4-7,12H,2-3,8-11H2,1H3,(H,20,21)/t12-,17+/m0/s1. The Bertz CT molecular complexity index is 600. The van der Waals surface area contributed by atoms with Crippen LogP contribution in [-0.4, -0.2) is 48.7 Å². The molecule has 6 nitrogen and oxygen atoms in total. The minimum Gasteiger partial charge on any atom is -0.497 e. The second-order valence-corrected chi connectivity index (χ2v) is 6.29. The maximum Gasteiger partial charge on any atom is 0.311 e. The number of aliphatic carboxylic acids is 1. The third-order valence-electron chi connectivity index (χ3n) is 5.07. The minimum absolute atomic E-state index is 0.0740. The molecule has 0 radical (unpaired) electrons. The van der Waals surface area contributed by atoms with E-state index in [2.05, 4.69) is 0 Å². The lowest BCUT2D eigenvalue weighted by Gasteiger charge is -2.23. The summed E-state index contributed by atoms with van der Waals surface area (Å²) in [5.74, 6) is 0.457. The minimum atomic E-state index is -0.772. The normalized spacial score (nSPS) is 26.0. The van der Waals surface area contributed by atoms with E-state index in [1.807, 2.05) is 0 Å². The molecule has 1 aromatic carbocycles. The molecule has 1 saturated carbocycles. The maximum absolute atomic E-state index is 12.3. The lowest BCUT2D eigenvalue weighted by atomic mass is 9.81. The van der Waals surface area contributed by atoms with Gasteiger partial charge in [0.2, 0.25) is 0 Å². The lowest BCUT2D eigenvalue weighted by Crippen LogP contribution is -2.38. The Hall–Kier alpha value is -2.24. The highest BCUT2D eigenvalue weighted by atomic mass is 16.5. The summed E-state index contributed by atoms with van der Waals surface area (Å²) in [5, 5.41) is 9.55. The number of benzene rings is 1. The zero-order valence-electron chi connectivity index (χ0n) is 13.2. The molecule has 6 heteroatoms. The molecule has 0 spiro atoms. The zero-order valence-corrected chi connectivity index (χ0v) is 13.2. The van der Waals surface area contributed by atoms with Gasteiger partial charge in [0.25, 0.3) is 5.91 Å². The van der Waals surface area contributed by atoms with Gasteiger partial charge in [0.05, 0.1) is 12.5 Å². The summed E-state index contributed by atoms with van der Waals surface area (Å²) < 4.78 is 10.6. The number of likely N-dealkylation sites (tertiary alicyclic amines) is 1. The second-order valence-electron chi connectivity index (χ2n) is 6.29. The van der Waals surface area contributed by atoms with E-state index in [1.165, 1.54) is 0 Å². The van der Waals surface area contributed by atoms with E-state index in [1.54, 1.807) is 36.3 Å². The molecule has 1 aliphatic heterocycles. The molecular weight excluding hydrogens is 298 g/mol. The van der Waals surface area contributed by atoms with Gasteiger partial charge >= 0.3 is 5.97 Å². The van der Waals surface area contributed by atoms with Gasteiger partial charge in [-0.2, -0.15) is 0 Å². The topological polar surface area (TPSA) is 76.1 Å². The Morgan fingerprint density at radius 3 is 2.61 bits per heavy atom. The number of amides is 1. The Morgan fingerprint density at radius 2 is 2.00 bits per heavy atom. The van der Waals surface area contributed by atoms with Gasteiger partial charge < -0.3 is 19.5 Å². The van der Waals surface area contributed by atoms with Crippen molar-refractivity contribution >= 4 is 11.9 Å². The highest BCUT2D eigenvalue weighted by Crippen LogP contribution is 2.48. The highest BCUT2D eigenvalue weighted by Gasteiger charge is 2.55. The van der Waals surface area contributed by atoms with Gasteiger partial charge in [0, 0.05) is 13.1 Å². The predicted molar refractivity (Wildman–Crippen MR) is 82.5 cm³/mol. The molecule has 3 rings (SSSR count). The van der Waals surface area contributed by atoms with Crippen molar-refractivity contribution in [1.29, 1.82) is 0 Å². The molecule has 124 valence electrons. The van der Waals surface area contributed by atoms with Crippen molar-refractivity contribution in [2.45, 2.75) is 19.3 Å². The fraction of sp³-hybridized carbons (Fsp3) is 0.529. The van der Waals surface area contributed by atoms with Crippen LogP contribution < -0.4 is 9.47 Å². The number of carboxylic acids is 1. The summed E-state index contributed by atoms with van der Waals surface area (Å²) in [7, 11) is 1.59. The van der Waals surface area contributed by atoms with E-state index >= 15 is 0 Å². The first-order chi connectivity index (χ1) is 11.0. The average molecular weight is 319 g/mol. The number of ether oxygens (including phenoxy) is 2. The first-order valence-electron chi connectivity index (χ1n) is 7.83. The molecule has 0 bridgehead atoms. The highest BCUT2D eigenvalue weighted by molar-refractivity contribution is 5.82. The van der Waals surface area contributed by atoms with Crippen LogP contribution in [0.3, 0.4) is 0 Å². The number of carbonyl (C=O) groups is 2. The number of carboxylic acid groups (broad SMARTS) is 1. The number of nitrogens with zero attached hydrogens (tertiary/aromatic N) is 1. The van der Waals surface area contributed by atoms with E-state index in [0.717, 1.165) is 18.6 Å². The van der Waals surface area contributed by atoms with Crippen LogP contribution in [0.25, 0.3) is 0 Å². The number of methoxy groups -OCH3 is 1. The smallest absolute Gasteiger partial charge is 0.311 e. The van der Waals surface area contributed by atoms with Gasteiger partial charge in [-0.1, -0.05) is 6.42 Å². The molecule has 2 fully saturated rings. The second kappa shape index (κ2) is 6.10. The van der Waals surface area contributed by atoms with Gasteiger partial charge in [0.15, 0.2) is 6.61 Å². The summed E-state index contributed by atoms with van der Waals surface area (Å²) in [6.07, 6.45) is 2.48. The number of fused-ring (bicyclic) bond motifs is 1. The first kappa shape index (κ1) is 15.6. The van der Waals surface area contributed by atoms with Gasteiger partial charge in [-0.25, -0.2) is 0 Å². The molecule has 0 unspecified atom stereocenters. The van der Waals surface area contributed by atoms with Crippen molar-refractivity contribution in [3.63, 3.8) is 0 Å². The molecule has 1 aromatic rings. The molecule has 23 heavy (non-hydrogen) atoms. The zero-order chi connectivity index (χ0) is 16.4. The molecular formula is C17H21NO5. The maximum atomic E-state index is 12.3. The predicted octanol–water partition coefficient (Wildman–Crippen LogP) is 1.79. The van der Waals surface area contributed by atoms with Crippen molar-refractivity contribution in [3.05, 3.63) is 24.3 Å². The molecule has 2 aliphatic rings. The SMILES string of the molecule is COc1ccc(OCC(=O)N2C[C@@H]3CCC[C@@]3(C(=O)O)C2)cc1. The molecule has 1 heterocycles. The monoisotopic (exact) mass is 319 g/mol. The van der Waals surface area contributed by atoms with Crippen LogP contribution in [0.5, 0.6) is 11.5 Å². The van der Waals surface area contributed by atoms with Crippen molar-refractivity contribution < 1.29 is 24.2 Å². The van der Waals surface area contributed by atoms with E-state index in [9.17, 15) is 14.7 Å². The van der Waals surface area contributed by atoms with E-state index in [0.29, 0.717) is 25.3 Å². The third-order valence-corrected chi connectivity index (χ3v) is 5.07. The van der Waals surface area contributed by atoms with Crippen LogP contribution in [0.15, 0.2) is 24.3 Å². The van der Waals surface area contributed by atoms with Crippen LogP contribution in [-0.2, 0) is 9.59 Å². The van der Waals surface area contributed by atoms with Crippen LogP contribution in [0.1, 0.15) is 19.3 Å². The first-order valence-corrected chi connectivity index (χ1v) is 7.83. The third kappa shape index (κ3) is 2.85. The summed E-state index contributed by atoms with van der Waals surface area (Å²) in [5.41, 5.74) is -0.740. The molecule has 1 aliphatic carbocycles. The summed E-state index contributed by atoms with van der Waals surface area (Å²) in [6.45, 7) is 0.754. The lowest BCUT2D eigenvalue weighted by molar-refractivity contribution is -0.149. The Balaban J connectivity index is 1.58. The Morgan fingerprint density at radius 1 is 1.30 bits per heavy atom. The Labute approximate surface area is 135 Å². The van der Waals surface area contributed by atoms with E-state index in [-0.39, 0.29) is 18.4 Å². The van der Waals surface area contributed by atoms with E-state index in [4.69, 9.17) is 9.47 Å². The van der Waals surface area contributed by atoms with Crippen molar-refractivity contribution in [2.75, 3.05) is 26.8 Å². The van der Waals surface area contributed by atoms with E-state index < -0.39 is 11.4 Å². The molecule has 1 amide bonds. The Kier molecular flexibility index (Phi) is 4.15. The molecule has 2 atom stereocenters. The fourth-order valence-corrected chi connectivity index (χ4v) is 3.74. The van der Waals surface area contributed by atoms with Crippen molar-refractivity contribution in [2.24, 2.45) is 11.3 Å². The number of rotatable bonds is 5. The molecule has 0 aromatic heterocycles. The fourth-order valence-electron chi connectivity index (χ4n) is 3.74. The van der Waals surface area contributed by atoms with Gasteiger partial charge in [0.1, 0.15) is 11.5 Å².